The lowest BCUT2D eigenvalue weighted by atomic mass is 10.3. The standard InChI is InChI=1S/C11H18ClN3/c1-14(2)8-3-9-15(13)11-6-4-10(12)5-7-11/h4-7H,3,8-9,13H2,1-2H3. The normalized spacial score (nSPS) is 10.7. The first-order valence-corrected chi connectivity index (χ1v) is 5.40. The highest BCUT2D eigenvalue weighted by atomic mass is 35.5. The van der Waals surface area contributed by atoms with E-state index in [0.29, 0.717) is 0 Å². The van der Waals surface area contributed by atoms with Crippen LogP contribution in [0.4, 0.5) is 5.69 Å². The highest BCUT2D eigenvalue weighted by Crippen LogP contribution is 2.15. The van der Waals surface area contributed by atoms with Crippen LogP contribution in [0.1, 0.15) is 6.42 Å². The molecule has 0 atom stereocenters. The first-order valence-electron chi connectivity index (χ1n) is 5.02. The molecule has 0 radical (unpaired) electrons. The van der Waals surface area contributed by atoms with Crippen LogP contribution >= 0.6 is 11.6 Å². The minimum absolute atomic E-state index is 0.737. The molecule has 0 heterocycles. The van der Waals surface area contributed by atoms with Crippen molar-refractivity contribution in [1.82, 2.24) is 4.90 Å². The van der Waals surface area contributed by atoms with Crippen molar-refractivity contribution < 1.29 is 0 Å². The maximum Gasteiger partial charge on any atom is 0.0518 e. The molecule has 84 valence electrons. The topological polar surface area (TPSA) is 32.5 Å². The lowest BCUT2D eigenvalue weighted by Gasteiger charge is -2.19. The van der Waals surface area contributed by atoms with E-state index in [9.17, 15) is 0 Å². The molecule has 1 aromatic rings. The Morgan fingerprint density at radius 3 is 2.27 bits per heavy atom. The van der Waals surface area contributed by atoms with E-state index in [4.69, 9.17) is 17.4 Å². The van der Waals surface area contributed by atoms with Gasteiger partial charge in [-0.1, -0.05) is 11.6 Å². The van der Waals surface area contributed by atoms with Crippen molar-refractivity contribution in [2.24, 2.45) is 5.84 Å². The van der Waals surface area contributed by atoms with Crippen molar-refractivity contribution in [3.05, 3.63) is 29.3 Å². The molecule has 0 fully saturated rings. The van der Waals surface area contributed by atoms with Gasteiger partial charge in [0.25, 0.3) is 0 Å². The summed E-state index contributed by atoms with van der Waals surface area (Å²) in [4.78, 5) is 2.15. The molecule has 0 aliphatic rings. The predicted octanol–water partition coefficient (Wildman–Crippen LogP) is 1.97. The monoisotopic (exact) mass is 227 g/mol. The van der Waals surface area contributed by atoms with E-state index >= 15 is 0 Å². The van der Waals surface area contributed by atoms with Crippen LogP contribution in [0.15, 0.2) is 24.3 Å². The van der Waals surface area contributed by atoms with E-state index in [1.165, 1.54) is 0 Å². The Hall–Kier alpha value is -0.770. The first-order chi connectivity index (χ1) is 7.09. The number of benzene rings is 1. The van der Waals surface area contributed by atoms with E-state index in [0.717, 1.165) is 30.2 Å². The van der Waals surface area contributed by atoms with E-state index in [-0.39, 0.29) is 0 Å². The number of nitrogens with zero attached hydrogens (tertiary/aromatic N) is 2. The third kappa shape index (κ3) is 4.51. The Morgan fingerprint density at radius 1 is 1.13 bits per heavy atom. The third-order valence-electron chi connectivity index (χ3n) is 2.16. The number of hydrogen-bond donors (Lipinski definition) is 1. The molecule has 15 heavy (non-hydrogen) atoms. The Kier molecular flexibility index (Phi) is 4.88. The second kappa shape index (κ2) is 5.95. The molecular weight excluding hydrogens is 210 g/mol. The summed E-state index contributed by atoms with van der Waals surface area (Å²) in [5.74, 6) is 5.90. The maximum absolute atomic E-state index is 5.90. The molecule has 0 saturated carbocycles. The van der Waals surface area contributed by atoms with Gasteiger partial charge in [0.15, 0.2) is 0 Å². The molecule has 0 aliphatic heterocycles. The molecule has 0 bridgehead atoms. The van der Waals surface area contributed by atoms with Crippen molar-refractivity contribution in [1.29, 1.82) is 0 Å². The van der Waals surface area contributed by atoms with Crippen LogP contribution in [-0.4, -0.2) is 32.1 Å². The van der Waals surface area contributed by atoms with Crippen LogP contribution in [0.25, 0.3) is 0 Å². The van der Waals surface area contributed by atoms with Crippen molar-refractivity contribution in [3.63, 3.8) is 0 Å². The maximum atomic E-state index is 5.90. The van der Waals surface area contributed by atoms with E-state index in [2.05, 4.69) is 19.0 Å². The molecule has 0 aromatic heterocycles. The van der Waals surface area contributed by atoms with E-state index in [1.54, 1.807) is 5.01 Å². The van der Waals surface area contributed by atoms with Gasteiger partial charge in [-0.15, -0.1) is 0 Å². The Balaban J connectivity index is 2.40. The highest BCUT2D eigenvalue weighted by Gasteiger charge is 2.01. The smallest absolute Gasteiger partial charge is 0.0518 e. The summed E-state index contributed by atoms with van der Waals surface area (Å²) in [6.07, 6.45) is 1.05. The van der Waals surface area contributed by atoms with Crippen LogP contribution in [0.5, 0.6) is 0 Å². The van der Waals surface area contributed by atoms with Gasteiger partial charge in [-0.3, -0.25) is 0 Å². The number of rotatable bonds is 5. The molecule has 1 rings (SSSR count). The molecular formula is C11H18ClN3. The number of hydrogen-bond acceptors (Lipinski definition) is 3. The van der Waals surface area contributed by atoms with Gasteiger partial charge in [0.1, 0.15) is 0 Å². The second-order valence-electron chi connectivity index (χ2n) is 3.83. The van der Waals surface area contributed by atoms with Crippen molar-refractivity contribution in [2.75, 3.05) is 32.2 Å². The fourth-order valence-electron chi connectivity index (χ4n) is 1.32. The Morgan fingerprint density at radius 2 is 1.73 bits per heavy atom. The minimum Gasteiger partial charge on any atom is -0.311 e. The summed E-state index contributed by atoms with van der Waals surface area (Å²) >= 11 is 5.80. The van der Waals surface area contributed by atoms with Crippen molar-refractivity contribution in [2.45, 2.75) is 6.42 Å². The van der Waals surface area contributed by atoms with Gasteiger partial charge in [-0.05, 0) is 51.3 Å². The van der Waals surface area contributed by atoms with Crippen molar-refractivity contribution in [3.8, 4) is 0 Å². The predicted molar refractivity (Wildman–Crippen MR) is 66.2 cm³/mol. The van der Waals surface area contributed by atoms with Crippen molar-refractivity contribution >= 4 is 17.3 Å². The summed E-state index contributed by atoms with van der Waals surface area (Å²) in [7, 11) is 4.12. The molecule has 1 aromatic carbocycles. The Labute approximate surface area is 96.4 Å². The summed E-state index contributed by atoms with van der Waals surface area (Å²) < 4.78 is 0. The van der Waals surface area contributed by atoms with E-state index < -0.39 is 0 Å². The first kappa shape index (κ1) is 12.3. The molecule has 0 aliphatic carbocycles. The van der Waals surface area contributed by atoms with Gasteiger partial charge in [-0.2, -0.15) is 0 Å². The largest absolute Gasteiger partial charge is 0.311 e. The highest BCUT2D eigenvalue weighted by molar-refractivity contribution is 6.30. The molecule has 0 unspecified atom stereocenters. The number of nitrogens with two attached hydrogens (primary N) is 1. The molecule has 0 spiro atoms. The van der Waals surface area contributed by atoms with Crippen LogP contribution in [0.3, 0.4) is 0 Å². The quantitative estimate of drug-likeness (QED) is 0.617. The second-order valence-corrected chi connectivity index (χ2v) is 4.26. The zero-order valence-electron chi connectivity index (χ0n) is 9.28. The van der Waals surface area contributed by atoms with Crippen LogP contribution < -0.4 is 10.9 Å². The SMILES string of the molecule is CN(C)CCCN(N)c1ccc(Cl)cc1. The zero-order valence-corrected chi connectivity index (χ0v) is 10.0. The molecule has 0 amide bonds. The average Bonchev–Trinajstić information content (AvgIpc) is 2.18. The molecule has 4 heteroatoms. The lowest BCUT2D eigenvalue weighted by Crippen LogP contribution is -2.33. The van der Waals surface area contributed by atoms with Gasteiger partial charge in [0.05, 0.1) is 5.69 Å². The molecule has 2 N–H and O–H groups in total. The average molecular weight is 228 g/mol. The van der Waals surface area contributed by atoms with Gasteiger partial charge < -0.3 is 9.91 Å². The summed E-state index contributed by atoms with van der Waals surface area (Å²) in [6, 6.07) is 7.56. The fraction of sp³-hybridized carbons (Fsp3) is 0.455. The summed E-state index contributed by atoms with van der Waals surface area (Å²) in [5.41, 5.74) is 0.998. The molecule has 0 saturated heterocycles. The van der Waals surface area contributed by atoms with Gasteiger partial charge in [-0.25, -0.2) is 5.84 Å². The number of anilines is 1. The fourth-order valence-corrected chi connectivity index (χ4v) is 1.44. The Bertz CT molecular complexity index is 284. The van der Waals surface area contributed by atoms with Crippen LogP contribution in [0, 0.1) is 0 Å². The lowest BCUT2D eigenvalue weighted by molar-refractivity contribution is 0.400. The van der Waals surface area contributed by atoms with Gasteiger partial charge in [0.2, 0.25) is 0 Å². The number of halogens is 1. The summed E-state index contributed by atoms with van der Waals surface area (Å²) in [6.45, 7) is 1.89. The van der Waals surface area contributed by atoms with E-state index in [1.807, 2.05) is 24.3 Å². The number of hydrazine groups is 1. The molecule has 3 nitrogen and oxygen atoms in total. The van der Waals surface area contributed by atoms with Crippen LogP contribution in [-0.2, 0) is 0 Å². The van der Waals surface area contributed by atoms with Gasteiger partial charge in [0, 0.05) is 11.6 Å². The zero-order chi connectivity index (χ0) is 11.3. The summed E-state index contributed by atoms with van der Waals surface area (Å²) in [5, 5.41) is 2.49. The third-order valence-corrected chi connectivity index (χ3v) is 2.41. The van der Waals surface area contributed by atoms with Crippen LogP contribution in [0.2, 0.25) is 5.02 Å². The van der Waals surface area contributed by atoms with Gasteiger partial charge >= 0.3 is 0 Å². The minimum atomic E-state index is 0.737.